The molecular formula is C13H15O2. The van der Waals surface area contributed by atoms with Crippen LogP contribution >= 0.6 is 0 Å². The highest BCUT2D eigenvalue weighted by Crippen LogP contribution is 2.32. The van der Waals surface area contributed by atoms with Crippen molar-refractivity contribution in [3.05, 3.63) is 29.3 Å². The molecule has 0 fully saturated rings. The molecule has 0 atom stereocenters. The predicted octanol–water partition coefficient (Wildman–Crippen LogP) is 2.86. The third-order valence-corrected chi connectivity index (χ3v) is 2.67. The maximum Gasteiger partial charge on any atom is 0.161 e. The average molecular weight is 203 g/mol. The van der Waals surface area contributed by atoms with Crippen LogP contribution in [0.4, 0.5) is 0 Å². The van der Waals surface area contributed by atoms with Crippen LogP contribution in [0.15, 0.2) is 12.1 Å². The topological polar surface area (TPSA) is 18.5 Å². The molecule has 0 amide bonds. The van der Waals surface area contributed by atoms with Crippen LogP contribution in [0.2, 0.25) is 0 Å². The van der Waals surface area contributed by atoms with Gasteiger partial charge >= 0.3 is 0 Å². The summed E-state index contributed by atoms with van der Waals surface area (Å²) in [6.45, 7) is 0. The molecule has 1 aliphatic rings. The van der Waals surface area contributed by atoms with Crippen molar-refractivity contribution in [1.82, 2.24) is 0 Å². The lowest BCUT2D eigenvalue weighted by Gasteiger charge is -2.11. The van der Waals surface area contributed by atoms with Crippen molar-refractivity contribution in [2.24, 2.45) is 0 Å². The Kier molecular flexibility index (Phi) is 2.95. The van der Waals surface area contributed by atoms with Crippen LogP contribution in [0, 0.1) is 6.08 Å². The second-order valence-electron chi connectivity index (χ2n) is 3.61. The van der Waals surface area contributed by atoms with E-state index in [9.17, 15) is 0 Å². The molecule has 2 heteroatoms. The van der Waals surface area contributed by atoms with Crippen LogP contribution in [0.1, 0.15) is 24.0 Å². The molecule has 0 bridgehead atoms. The van der Waals surface area contributed by atoms with Gasteiger partial charge in [0.15, 0.2) is 11.5 Å². The van der Waals surface area contributed by atoms with E-state index in [0.29, 0.717) is 0 Å². The number of allylic oxidation sites excluding steroid dienone is 1. The summed E-state index contributed by atoms with van der Waals surface area (Å²) >= 11 is 0. The Morgan fingerprint density at radius 3 is 2.60 bits per heavy atom. The number of rotatable bonds is 2. The largest absolute Gasteiger partial charge is 0.493 e. The number of hydrogen-bond acceptors (Lipinski definition) is 2. The molecule has 0 aromatic heterocycles. The summed E-state index contributed by atoms with van der Waals surface area (Å²) in [5.74, 6) is 1.60. The molecule has 1 radical (unpaired) electrons. The molecule has 1 aliphatic carbocycles. The van der Waals surface area contributed by atoms with Crippen LogP contribution < -0.4 is 9.47 Å². The van der Waals surface area contributed by atoms with Gasteiger partial charge in [-0.1, -0.05) is 6.08 Å². The smallest absolute Gasteiger partial charge is 0.161 e. The summed E-state index contributed by atoms with van der Waals surface area (Å²) in [6, 6.07) is 4.09. The van der Waals surface area contributed by atoms with Crippen LogP contribution in [0.25, 0.3) is 6.08 Å². The van der Waals surface area contributed by atoms with Gasteiger partial charge in [0.1, 0.15) is 0 Å². The average Bonchev–Trinajstić information content (AvgIpc) is 2.51. The van der Waals surface area contributed by atoms with E-state index in [1.165, 1.54) is 11.1 Å². The molecule has 15 heavy (non-hydrogen) atoms. The van der Waals surface area contributed by atoms with Crippen molar-refractivity contribution < 1.29 is 9.47 Å². The maximum absolute atomic E-state index is 5.28. The van der Waals surface area contributed by atoms with Gasteiger partial charge in [0.05, 0.1) is 14.2 Å². The highest BCUT2D eigenvalue weighted by atomic mass is 16.5. The van der Waals surface area contributed by atoms with Crippen LogP contribution in [0.3, 0.4) is 0 Å². The van der Waals surface area contributed by atoms with Crippen molar-refractivity contribution in [1.29, 1.82) is 0 Å². The van der Waals surface area contributed by atoms with E-state index in [1.54, 1.807) is 14.2 Å². The zero-order chi connectivity index (χ0) is 10.7. The van der Waals surface area contributed by atoms with E-state index in [0.717, 1.165) is 30.8 Å². The Morgan fingerprint density at radius 2 is 1.87 bits per heavy atom. The molecule has 0 aliphatic heterocycles. The monoisotopic (exact) mass is 203 g/mol. The Balaban J connectivity index is 2.48. The van der Waals surface area contributed by atoms with Crippen molar-refractivity contribution in [3.63, 3.8) is 0 Å². The van der Waals surface area contributed by atoms with Gasteiger partial charge in [-0.05, 0) is 48.6 Å². The SMILES string of the molecule is COc1cc2c(cc1OC)CCC[C]=C2. The van der Waals surface area contributed by atoms with Crippen LogP contribution in [0.5, 0.6) is 11.5 Å². The maximum atomic E-state index is 5.28. The Bertz CT molecular complexity index is 380. The van der Waals surface area contributed by atoms with E-state index in [2.05, 4.69) is 12.1 Å². The van der Waals surface area contributed by atoms with Gasteiger partial charge in [0, 0.05) is 0 Å². The fourth-order valence-electron chi connectivity index (χ4n) is 1.85. The van der Waals surface area contributed by atoms with E-state index in [1.807, 2.05) is 12.1 Å². The van der Waals surface area contributed by atoms with Crippen LogP contribution in [-0.2, 0) is 6.42 Å². The molecule has 0 heterocycles. The second-order valence-corrected chi connectivity index (χ2v) is 3.61. The summed E-state index contributed by atoms with van der Waals surface area (Å²) in [5.41, 5.74) is 2.52. The minimum absolute atomic E-state index is 0.788. The standard InChI is InChI=1S/C13H15O2/c1-14-12-8-10-6-4-3-5-7-11(10)9-13(12)15-2/h7-9H,3-4,6H2,1-2H3. The molecule has 2 nitrogen and oxygen atoms in total. The van der Waals surface area contributed by atoms with Gasteiger partial charge in [-0.25, -0.2) is 0 Å². The molecule has 2 rings (SSSR count). The number of fused-ring (bicyclic) bond motifs is 1. The molecule has 0 N–H and O–H groups in total. The molecule has 79 valence electrons. The zero-order valence-corrected chi connectivity index (χ0v) is 9.17. The first-order valence-electron chi connectivity index (χ1n) is 5.16. The van der Waals surface area contributed by atoms with Crippen LogP contribution in [-0.4, -0.2) is 14.2 Å². The molecule has 0 saturated heterocycles. The van der Waals surface area contributed by atoms with E-state index in [-0.39, 0.29) is 0 Å². The normalized spacial score (nSPS) is 14.3. The Morgan fingerprint density at radius 1 is 1.13 bits per heavy atom. The Hall–Kier alpha value is -1.44. The number of aryl methyl sites for hydroxylation is 1. The van der Waals surface area contributed by atoms with E-state index in [4.69, 9.17) is 9.47 Å². The second kappa shape index (κ2) is 4.39. The minimum atomic E-state index is 0.788. The first kappa shape index (κ1) is 10.1. The summed E-state index contributed by atoms with van der Waals surface area (Å²) in [4.78, 5) is 0. The summed E-state index contributed by atoms with van der Waals surface area (Å²) in [6.07, 6.45) is 8.58. The zero-order valence-electron chi connectivity index (χ0n) is 9.17. The molecule has 1 aromatic rings. The molecular weight excluding hydrogens is 188 g/mol. The van der Waals surface area contributed by atoms with Gasteiger partial charge in [-0.2, -0.15) is 0 Å². The number of benzene rings is 1. The summed E-state index contributed by atoms with van der Waals surface area (Å²) in [5, 5.41) is 0. The summed E-state index contributed by atoms with van der Waals surface area (Å²) < 4.78 is 10.6. The van der Waals surface area contributed by atoms with Gasteiger partial charge in [0.25, 0.3) is 0 Å². The highest BCUT2D eigenvalue weighted by Gasteiger charge is 2.10. The van der Waals surface area contributed by atoms with Gasteiger partial charge in [0.2, 0.25) is 0 Å². The van der Waals surface area contributed by atoms with Gasteiger partial charge in [-0.3, -0.25) is 0 Å². The van der Waals surface area contributed by atoms with Crippen molar-refractivity contribution in [2.45, 2.75) is 19.3 Å². The van der Waals surface area contributed by atoms with Crippen molar-refractivity contribution >= 4 is 6.08 Å². The van der Waals surface area contributed by atoms with Gasteiger partial charge < -0.3 is 9.47 Å². The fraction of sp³-hybridized carbons (Fsp3) is 0.385. The first-order valence-corrected chi connectivity index (χ1v) is 5.16. The van der Waals surface area contributed by atoms with Crippen molar-refractivity contribution in [3.8, 4) is 11.5 Å². The Labute approximate surface area is 90.5 Å². The lowest BCUT2D eigenvalue weighted by Crippen LogP contribution is -1.95. The predicted molar refractivity (Wildman–Crippen MR) is 60.2 cm³/mol. The minimum Gasteiger partial charge on any atom is -0.493 e. The lowest BCUT2D eigenvalue weighted by atomic mass is 10.0. The molecule has 0 saturated carbocycles. The number of hydrogen-bond donors (Lipinski definition) is 0. The number of ether oxygens (including phenoxy) is 2. The third kappa shape index (κ3) is 1.99. The highest BCUT2D eigenvalue weighted by molar-refractivity contribution is 5.60. The molecule has 0 spiro atoms. The third-order valence-electron chi connectivity index (χ3n) is 2.67. The van der Waals surface area contributed by atoms with E-state index >= 15 is 0 Å². The quantitative estimate of drug-likeness (QED) is 0.735. The fourth-order valence-corrected chi connectivity index (χ4v) is 1.85. The molecule has 1 aromatic carbocycles. The lowest BCUT2D eigenvalue weighted by molar-refractivity contribution is 0.354. The summed E-state index contributed by atoms with van der Waals surface area (Å²) in [7, 11) is 3.33. The first-order chi connectivity index (χ1) is 7.35. The molecule has 0 unspecified atom stereocenters. The number of methoxy groups -OCH3 is 2. The van der Waals surface area contributed by atoms with Gasteiger partial charge in [-0.15, -0.1) is 0 Å². The van der Waals surface area contributed by atoms with Crippen molar-refractivity contribution in [2.75, 3.05) is 14.2 Å². The van der Waals surface area contributed by atoms with E-state index < -0.39 is 0 Å².